The Hall–Kier alpha value is -3.05. The van der Waals surface area contributed by atoms with Gasteiger partial charge in [0.25, 0.3) is 0 Å². The van der Waals surface area contributed by atoms with E-state index in [1.165, 1.54) is 7.11 Å². The lowest BCUT2D eigenvalue weighted by Gasteiger charge is -2.32. The lowest BCUT2D eigenvalue weighted by Crippen LogP contribution is -2.35. The molecule has 1 heterocycles. The van der Waals surface area contributed by atoms with Crippen LogP contribution >= 0.6 is 0 Å². The van der Waals surface area contributed by atoms with E-state index in [0.717, 1.165) is 64.9 Å². The van der Waals surface area contributed by atoms with E-state index < -0.39 is 0 Å². The van der Waals surface area contributed by atoms with Crippen LogP contribution in [0.4, 0.5) is 17.1 Å². The third-order valence-electron chi connectivity index (χ3n) is 6.01. The first-order valence-electron chi connectivity index (χ1n) is 10.4. The Balaban J connectivity index is 1.78. The number of hydrogen-bond acceptors (Lipinski definition) is 5. The smallest absolute Gasteiger partial charge is 0.338 e. The van der Waals surface area contributed by atoms with Crippen molar-refractivity contribution in [3.05, 3.63) is 65.2 Å². The zero-order chi connectivity index (χ0) is 21.3. The van der Waals surface area contributed by atoms with Crippen LogP contribution in [0.15, 0.2) is 48.5 Å². The molecule has 0 aromatic heterocycles. The lowest BCUT2D eigenvalue weighted by atomic mass is 10.0. The molecule has 156 valence electrons. The van der Waals surface area contributed by atoms with Gasteiger partial charge in [0.05, 0.1) is 18.8 Å². The minimum Gasteiger partial charge on any atom is -0.465 e. The molecule has 5 nitrogen and oxygen atoms in total. The summed E-state index contributed by atoms with van der Waals surface area (Å²) in [6.07, 6.45) is 1.37. The first-order chi connectivity index (χ1) is 14.5. The fraction of sp³-hybridized carbons (Fsp3) is 0.320. The van der Waals surface area contributed by atoms with Crippen LogP contribution in [0.1, 0.15) is 34.3 Å². The van der Waals surface area contributed by atoms with E-state index in [0.29, 0.717) is 5.56 Å². The zero-order valence-corrected chi connectivity index (χ0v) is 17.7. The number of esters is 1. The molecule has 0 saturated carbocycles. The first kappa shape index (κ1) is 20.2. The van der Waals surface area contributed by atoms with Crippen LogP contribution in [0.25, 0.3) is 10.8 Å². The predicted molar refractivity (Wildman–Crippen MR) is 122 cm³/mol. The van der Waals surface area contributed by atoms with E-state index in [9.17, 15) is 9.90 Å². The molecule has 2 N–H and O–H groups in total. The molecule has 1 aliphatic heterocycles. The van der Waals surface area contributed by atoms with Crippen molar-refractivity contribution in [2.45, 2.75) is 32.8 Å². The van der Waals surface area contributed by atoms with Crippen molar-refractivity contribution in [3.63, 3.8) is 0 Å². The molecule has 4 rings (SSSR count). The van der Waals surface area contributed by atoms with Gasteiger partial charge in [-0.3, -0.25) is 0 Å². The summed E-state index contributed by atoms with van der Waals surface area (Å²) in [5, 5.41) is 15.8. The van der Waals surface area contributed by atoms with E-state index in [1.807, 2.05) is 38.1 Å². The molecule has 5 heteroatoms. The highest BCUT2D eigenvalue weighted by molar-refractivity contribution is 6.00. The fourth-order valence-corrected chi connectivity index (χ4v) is 4.21. The van der Waals surface area contributed by atoms with Gasteiger partial charge in [-0.15, -0.1) is 0 Å². The van der Waals surface area contributed by atoms with E-state index in [1.54, 1.807) is 0 Å². The zero-order valence-electron chi connectivity index (χ0n) is 17.7. The number of piperidine rings is 1. The number of ether oxygens (including phenoxy) is 1. The van der Waals surface area contributed by atoms with Gasteiger partial charge in [0, 0.05) is 35.5 Å². The third-order valence-corrected chi connectivity index (χ3v) is 6.01. The van der Waals surface area contributed by atoms with Gasteiger partial charge < -0.3 is 20.1 Å². The summed E-state index contributed by atoms with van der Waals surface area (Å²) < 4.78 is 4.95. The minimum atomic E-state index is -0.332. The molecule has 0 spiro atoms. The Labute approximate surface area is 177 Å². The van der Waals surface area contributed by atoms with Crippen molar-refractivity contribution in [2.75, 3.05) is 30.4 Å². The average molecular weight is 405 g/mol. The largest absolute Gasteiger partial charge is 0.465 e. The number of anilines is 3. The number of methoxy groups -OCH3 is 1. The van der Waals surface area contributed by atoms with E-state index in [2.05, 4.69) is 34.5 Å². The van der Waals surface area contributed by atoms with E-state index in [4.69, 9.17) is 4.74 Å². The van der Waals surface area contributed by atoms with E-state index >= 15 is 0 Å². The van der Waals surface area contributed by atoms with Gasteiger partial charge in [-0.05, 0) is 61.4 Å². The molecule has 1 saturated heterocycles. The topological polar surface area (TPSA) is 61.8 Å². The average Bonchev–Trinajstić information content (AvgIpc) is 2.76. The summed E-state index contributed by atoms with van der Waals surface area (Å²) in [4.78, 5) is 14.5. The summed E-state index contributed by atoms with van der Waals surface area (Å²) in [6, 6.07) is 16.4. The van der Waals surface area contributed by atoms with Crippen LogP contribution in [0, 0.1) is 13.8 Å². The van der Waals surface area contributed by atoms with Crippen LogP contribution < -0.4 is 10.2 Å². The standard InChI is InChI=1S/C25H28N2O3/c1-16-8-9-21(25(29)30-3)17(2)24(16)26-23-15-19(27-12-10-20(28)11-13-27)14-18-6-4-5-7-22(18)23/h4-9,14-15,20,26,28H,10-13H2,1-3H3. The molecule has 3 aromatic rings. The second kappa shape index (κ2) is 8.36. The Bertz CT molecular complexity index is 1090. The highest BCUT2D eigenvalue weighted by atomic mass is 16.5. The quantitative estimate of drug-likeness (QED) is 0.603. The minimum absolute atomic E-state index is 0.203. The van der Waals surface area contributed by atoms with Crippen molar-refractivity contribution in [1.29, 1.82) is 0 Å². The molecule has 0 amide bonds. The molecule has 0 atom stereocenters. The molecule has 1 aliphatic rings. The maximum Gasteiger partial charge on any atom is 0.338 e. The molecule has 0 unspecified atom stereocenters. The van der Waals surface area contributed by atoms with Crippen LogP contribution in [-0.2, 0) is 4.74 Å². The molecule has 0 bridgehead atoms. The van der Waals surface area contributed by atoms with Crippen LogP contribution in [0.5, 0.6) is 0 Å². The highest BCUT2D eigenvalue weighted by Gasteiger charge is 2.19. The Morgan fingerprint density at radius 2 is 1.83 bits per heavy atom. The summed E-state index contributed by atoms with van der Waals surface area (Å²) in [6.45, 7) is 5.66. The van der Waals surface area contributed by atoms with Crippen molar-refractivity contribution in [1.82, 2.24) is 0 Å². The molecule has 3 aromatic carbocycles. The van der Waals surface area contributed by atoms with E-state index in [-0.39, 0.29) is 12.1 Å². The van der Waals surface area contributed by atoms with Gasteiger partial charge >= 0.3 is 5.97 Å². The van der Waals surface area contributed by atoms with Crippen molar-refractivity contribution in [2.24, 2.45) is 0 Å². The predicted octanol–water partition coefficient (Wildman–Crippen LogP) is 4.95. The maximum absolute atomic E-state index is 12.2. The summed E-state index contributed by atoms with van der Waals surface area (Å²) in [5.41, 5.74) is 5.57. The Morgan fingerprint density at radius 3 is 2.57 bits per heavy atom. The number of aliphatic hydroxyl groups excluding tert-OH is 1. The number of carbonyl (C=O) groups is 1. The SMILES string of the molecule is COC(=O)c1ccc(C)c(Nc2cc(N3CCC(O)CC3)cc3ccccc23)c1C. The number of rotatable bonds is 4. The summed E-state index contributed by atoms with van der Waals surface area (Å²) in [7, 11) is 1.40. The van der Waals surface area contributed by atoms with Gasteiger partial charge in [0.1, 0.15) is 0 Å². The molecule has 1 fully saturated rings. The summed E-state index contributed by atoms with van der Waals surface area (Å²) >= 11 is 0. The van der Waals surface area contributed by atoms with Crippen LogP contribution in [0.2, 0.25) is 0 Å². The second-order valence-corrected chi connectivity index (χ2v) is 7.98. The molecule has 0 radical (unpaired) electrons. The number of fused-ring (bicyclic) bond motifs is 1. The Kier molecular flexibility index (Phi) is 5.64. The highest BCUT2D eigenvalue weighted by Crippen LogP contribution is 2.35. The number of nitrogens with one attached hydrogen (secondary N) is 1. The van der Waals surface area contributed by atoms with Crippen molar-refractivity contribution in [3.8, 4) is 0 Å². The van der Waals surface area contributed by atoms with Crippen molar-refractivity contribution < 1.29 is 14.6 Å². The lowest BCUT2D eigenvalue weighted by molar-refractivity contribution is 0.0600. The second-order valence-electron chi connectivity index (χ2n) is 7.98. The molecular formula is C25H28N2O3. The van der Waals surface area contributed by atoms with Gasteiger partial charge in [0.2, 0.25) is 0 Å². The number of nitrogens with zero attached hydrogens (tertiary/aromatic N) is 1. The van der Waals surface area contributed by atoms with Crippen molar-refractivity contribution >= 4 is 33.8 Å². The number of aryl methyl sites for hydroxylation is 1. The number of benzene rings is 3. The van der Waals surface area contributed by atoms with Gasteiger partial charge in [-0.1, -0.05) is 30.3 Å². The van der Waals surface area contributed by atoms with Gasteiger partial charge in [-0.25, -0.2) is 4.79 Å². The molecular weight excluding hydrogens is 376 g/mol. The number of carbonyl (C=O) groups excluding carboxylic acids is 1. The number of aliphatic hydroxyl groups is 1. The maximum atomic E-state index is 12.2. The Morgan fingerprint density at radius 1 is 1.10 bits per heavy atom. The summed E-state index contributed by atoms with van der Waals surface area (Å²) in [5.74, 6) is -0.332. The van der Waals surface area contributed by atoms with Crippen LogP contribution in [-0.4, -0.2) is 37.4 Å². The fourth-order valence-electron chi connectivity index (χ4n) is 4.21. The first-order valence-corrected chi connectivity index (χ1v) is 10.4. The monoisotopic (exact) mass is 404 g/mol. The normalized spacial score (nSPS) is 14.7. The number of hydrogen-bond donors (Lipinski definition) is 2. The third kappa shape index (κ3) is 3.85. The van der Waals surface area contributed by atoms with Gasteiger partial charge in [0.15, 0.2) is 0 Å². The van der Waals surface area contributed by atoms with Gasteiger partial charge in [-0.2, -0.15) is 0 Å². The molecule has 30 heavy (non-hydrogen) atoms. The molecule has 0 aliphatic carbocycles. The van der Waals surface area contributed by atoms with Crippen LogP contribution in [0.3, 0.4) is 0 Å².